The number of imidazole rings is 1. The van der Waals surface area contributed by atoms with Crippen molar-refractivity contribution >= 4 is 10.0 Å². The van der Waals surface area contributed by atoms with Crippen molar-refractivity contribution in [2.75, 3.05) is 0 Å². The van der Waals surface area contributed by atoms with Gasteiger partial charge in [-0.1, -0.05) is 29.8 Å². The van der Waals surface area contributed by atoms with Crippen LogP contribution in [0, 0.1) is 13.8 Å². The van der Waals surface area contributed by atoms with Gasteiger partial charge in [0.05, 0.1) is 4.90 Å². The number of aromatic nitrogens is 2. The fraction of sp³-hybridized carbons (Fsp3) is 0.167. The molecular formula is C18H19N3O2S. The molecule has 0 spiro atoms. The first-order chi connectivity index (χ1) is 11.5. The Morgan fingerprint density at radius 3 is 2.25 bits per heavy atom. The Labute approximate surface area is 142 Å². The molecule has 6 heteroatoms. The number of nitrogens with zero attached hydrogens (tertiary/aromatic N) is 2. The average Bonchev–Trinajstić information content (AvgIpc) is 3.00. The van der Waals surface area contributed by atoms with Crippen LogP contribution in [0.5, 0.6) is 0 Å². The fourth-order valence-corrected chi connectivity index (χ4v) is 3.42. The molecular weight excluding hydrogens is 322 g/mol. The first kappa shape index (κ1) is 16.4. The van der Waals surface area contributed by atoms with Crippen molar-refractivity contribution in [1.29, 1.82) is 0 Å². The van der Waals surface area contributed by atoms with Crippen LogP contribution in [-0.4, -0.2) is 18.0 Å². The van der Waals surface area contributed by atoms with Crippen LogP contribution in [0.25, 0.3) is 5.69 Å². The lowest BCUT2D eigenvalue weighted by molar-refractivity contribution is 0.581. The van der Waals surface area contributed by atoms with E-state index in [0.29, 0.717) is 0 Å². The Balaban J connectivity index is 1.70. The number of aryl methyl sites for hydroxylation is 2. The molecule has 0 aliphatic carbocycles. The molecule has 2 aromatic carbocycles. The average molecular weight is 341 g/mol. The molecule has 0 saturated heterocycles. The van der Waals surface area contributed by atoms with E-state index in [2.05, 4.69) is 9.71 Å². The van der Waals surface area contributed by atoms with Crippen molar-refractivity contribution in [3.63, 3.8) is 0 Å². The highest BCUT2D eigenvalue weighted by molar-refractivity contribution is 7.89. The minimum Gasteiger partial charge on any atom is -0.304 e. The summed E-state index contributed by atoms with van der Waals surface area (Å²) < 4.78 is 29.2. The van der Waals surface area contributed by atoms with Crippen LogP contribution < -0.4 is 4.72 Å². The maximum Gasteiger partial charge on any atom is 0.240 e. The van der Waals surface area contributed by atoms with E-state index in [9.17, 15) is 8.42 Å². The van der Waals surface area contributed by atoms with Crippen molar-refractivity contribution in [3.05, 3.63) is 77.9 Å². The summed E-state index contributed by atoms with van der Waals surface area (Å²) in [5, 5.41) is 0. The minimum absolute atomic E-state index is 0.249. The van der Waals surface area contributed by atoms with Gasteiger partial charge in [0.15, 0.2) is 0 Å². The van der Waals surface area contributed by atoms with Gasteiger partial charge in [0, 0.05) is 24.6 Å². The van der Waals surface area contributed by atoms with Gasteiger partial charge in [-0.15, -0.1) is 0 Å². The van der Waals surface area contributed by atoms with Crippen LogP contribution in [0.15, 0.2) is 65.8 Å². The van der Waals surface area contributed by atoms with Gasteiger partial charge >= 0.3 is 0 Å². The van der Waals surface area contributed by atoms with Gasteiger partial charge in [-0.3, -0.25) is 0 Å². The number of hydrogen-bond acceptors (Lipinski definition) is 3. The summed E-state index contributed by atoms with van der Waals surface area (Å²) in [4.78, 5) is 4.47. The molecule has 1 heterocycles. The van der Waals surface area contributed by atoms with Gasteiger partial charge < -0.3 is 4.57 Å². The molecule has 0 atom stereocenters. The smallest absolute Gasteiger partial charge is 0.240 e. The Morgan fingerprint density at radius 2 is 1.67 bits per heavy atom. The quantitative estimate of drug-likeness (QED) is 0.776. The minimum atomic E-state index is -3.50. The monoisotopic (exact) mass is 341 g/mol. The zero-order chi connectivity index (χ0) is 17.2. The van der Waals surface area contributed by atoms with Gasteiger partial charge in [0.25, 0.3) is 0 Å². The number of benzene rings is 2. The van der Waals surface area contributed by atoms with Crippen molar-refractivity contribution in [3.8, 4) is 5.69 Å². The summed E-state index contributed by atoms with van der Waals surface area (Å²) >= 11 is 0. The van der Waals surface area contributed by atoms with Crippen molar-refractivity contribution < 1.29 is 8.42 Å². The summed E-state index contributed by atoms with van der Waals surface area (Å²) in [5.41, 5.74) is 2.92. The summed E-state index contributed by atoms with van der Waals surface area (Å²) in [6, 6.07) is 14.5. The van der Waals surface area contributed by atoms with Gasteiger partial charge in [-0.05, 0) is 43.7 Å². The van der Waals surface area contributed by atoms with E-state index in [1.807, 2.05) is 48.9 Å². The lowest BCUT2D eigenvalue weighted by Crippen LogP contribution is -2.23. The molecule has 1 N–H and O–H groups in total. The van der Waals surface area contributed by atoms with E-state index in [-0.39, 0.29) is 11.4 Å². The van der Waals surface area contributed by atoms with Gasteiger partial charge in [-0.2, -0.15) is 0 Å². The molecule has 0 aliphatic heterocycles. The second kappa shape index (κ2) is 6.59. The van der Waals surface area contributed by atoms with Crippen LogP contribution in [0.3, 0.4) is 0 Å². The highest BCUT2D eigenvalue weighted by atomic mass is 32.2. The van der Waals surface area contributed by atoms with Crippen molar-refractivity contribution in [2.24, 2.45) is 0 Å². The normalized spacial score (nSPS) is 11.6. The van der Waals surface area contributed by atoms with E-state index in [1.54, 1.807) is 30.5 Å². The maximum absolute atomic E-state index is 12.3. The molecule has 1 aromatic heterocycles. The molecule has 3 aromatic rings. The van der Waals surface area contributed by atoms with E-state index in [1.165, 1.54) is 0 Å². The van der Waals surface area contributed by atoms with Gasteiger partial charge in [-0.25, -0.2) is 18.1 Å². The molecule has 0 saturated carbocycles. The second-order valence-electron chi connectivity index (χ2n) is 5.65. The summed E-state index contributed by atoms with van der Waals surface area (Å²) in [7, 11) is -3.50. The predicted octanol–water partition coefficient (Wildman–Crippen LogP) is 2.97. The molecule has 0 radical (unpaired) electrons. The van der Waals surface area contributed by atoms with Crippen LogP contribution in [0.1, 0.15) is 17.0 Å². The third-order valence-corrected chi connectivity index (χ3v) is 5.25. The molecule has 124 valence electrons. The molecule has 24 heavy (non-hydrogen) atoms. The highest BCUT2D eigenvalue weighted by Crippen LogP contribution is 2.13. The third kappa shape index (κ3) is 3.55. The zero-order valence-corrected chi connectivity index (χ0v) is 14.4. The highest BCUT2D eigenvalue weighted by Gasteiger charge is 2.13. The van der Waals surface area contributed by atoms with Gasteiger partial charge in [0.2, 0.25) is 10.0 Å². The van der Waals surface area contributed by atoms with Crippen LogP contribution >= 0.6 is 0 Å². The van der Waals surface area contributed by atoms with Crippen LogP contribution in [0.4, 0.5) is 0 Å². The lowest BCUT2D eigenvalue weighted by Gasteiger charge is -2.09. The fourth-order valence-electron chi connectivity index (χ4n) is 2.40. The van der Waals surface area contributed by atoms with E-state index in [4.69, 9.17) is 0 Å². The molecule has 0 fully saturated rings. The maximum atomic E-state index is 12.3. The topological polar surface area (TPSA) is 64.0 Å². The predicted molar refractivity (Wildman–Crippen MR) is 93.5 cm³/mol. The second-order valence-corrected chi connectivity index (χ2v) is 7.42. The van der Waals surface area contributed by atoms with Gasteiger partial charge in [0.1, 0.15) is 5.82 Å². The largest absolute Gasteiger partial charge is 0.304 e. The van der Waals surface area contributed by atoms with E-state index >= 15 is 0 Å². The SMILES string of the molecule is Cc1ccc(S(=O)(=O)NCc2ccc(-n3ccnc3C)cc2)cc1. The molecule has 3 rings (SSSR count). The molecule has 0 amide bonds. The van der Waals surface area contributed by atoms with Crippen LogP contribution in [-0.2, 0) is 16.6 Å². The Morgan fingerprint density at radius 1 is 1.00 bits per heavy atom. The Bertz CT molecular complexity index is 927. The molecule has 0 aliphatic rings. The number of sulfonamides is 1. The molecule has 0 unspecified atom stereocenters. The summed E-state index contributed by atoms with van der Waals surface area (Å²) in [5.74, 6) is 0.905. The Kier molecular flexibility index (Phi) is 4.51. The molecule has 0 bridgehead atoms. The van der Waals surface area contributed by atoms with E-state index < -0.39 is 10.0 Å². The van der Waals surface area contributed by atoms with E-state index in [0.717, 1.165) is 22.6 Å². The standard InChI is InChI=1S/C18H19N3O2S/c1-14-3-9-18(10-4-14)24(22,23)20-13-16-5-7-17(8-6-16)21-12-11-19-15(21)2/h3-12,20H,13H2,1-2H3. The Hall–Kier alpha value is -2.44. The summed E-state index contributed by atoms with van der Waals surface area (Å²) in [6.07, 6.45) is 3.64. The van der Waals surface area contributed by atoms with Crippen LogP contribution in [0.2, 0.25) is 0 Å². The third-order valence-electron chi connectivity index (χ3n) is 3.84. The number of hydrogen-bond donors (Lipinski definition) is 1. The zero-order valence-electron chi connectivity index (χ0n) is 13.6. The number of rotatable bonds is 5. The lowest BCUT2D eigenvalue weighted by atomic mass is 10.2. The first-order valence-electron chi connectivity index (χ1n) is 7.61. The molecule has 5 nitrogen and oxygen atoms in total. The first-order valence-corrected chi connectivity index (χ1v) is 9.10. The summed E-state index contributed by atoms with van der Waals surface area (Å²) in [6.45, 7) is 4.11. The van der Waals surface area contributed by atoms with Crippen molar-refractivity contribution in [2.45, 2.75) is 25.3 Å². The number of nitrogens with one attached hydrogen (secondary N) is 1. The van der Waals surface area contributed by atoms with Crippen molar-refractivity contribution in [1.82, 2.24) is 14.3 Å².